The van der Waals surface area contributed by atoms with Crippen LogP contribution in [-0.2, 0) is 12.8 Å². The average molecular weight is 177 g/mol. The lowest BCUT2D eigenvalue weighted by atomic mass is 10.1. The third-order valence-corrected chi connectivity index (χ3v) is 2.62. The number of nitrogens with one attached hydrogen (secondary N) is 1. The second-order valence-electron chi connectivity index (χ2n) is 3.62. The number of likely N-dealkylation sites (N-methyl/N-ethyl adjacent to an activating group) is 1. The fraction of sp³-hybridized carbons (Fsp3) is 0.455. The highest BCUT2D eigenvalue weighted by Crippen LogP contribution is 2.25. The van der Waals surface area contributed by atoms with Crippen molar-refractivity contribution >= 4 is 0 Å². The van der Waals surface area contributed by atoms with Gasteiger partial charge in [-0.3, -0.25) is 0 Å². The molecule has 0 fully saturated rings. The van der Waals surface area contributed by atoms with Crippen LogP contribution in [0.15, 0.2) is 18.2 Å². The third kappa shape index (κ3) is 1.68. The molecule has 0 bridgehead atoms. The van der Waals surface area contributed by atoms with Crippen molar-refractivity contribution in [2.24, 2.45) is 0 Å². The maximum atomic E-state index is 9.29. The smallest absolute Gasteiger partial charge is 0.115 e. The summed E-state index contributed by atoms with van der Waals surface area (Å²) in [4.78, 5) is 0. The predicted molar refractivity (Wildman–Crippen MR) is 53.0 cm³/mol. The Labute approximate surface area is 78.6 Å². The maximum Gasteiger partial charge on any atom is 0.115 e. The van der Waals surface area contributed by atoms with Gasteiger partial charge < -0.3 is 10.4 Å². The molecule has 1 aromatic carbocycles. The van der Waals surface area contributed by atoms with E-state index in [1.807, 2.05) is 12.1 Å². The van der Waals surface area contributed by atoms with E-state index in [4.69, 9.17) is 0 Å². The molecule has 0 saturated carbocycles. The zero-order chi connectivity index (χ0) is 9.26. The molecule has 0 aromatic heterocycles. The summed E-state index contributed by atoms with van der Waals surface area (Å²) >= 11 is 0. The number of hydrogen-bond donors (Lipinski definition) is 2. The Hall–Kier alpha value is -1.02. The van der Waals surface area contributed by atoms with Gasteiger partial charge in [0.1, 0.15) is 5.75 Å². The molecule has 0 radical (unpaired) electrons. The van der Waals surface area contributed by atoms with Gasteiger partial charge in [-0.1, -0.05) is 13.0 Å². The van der Waals surface area contributed by atoms with Gasteiger partial charge >= 0.3 is 0 Å². The van der Waals surface area contributed by atoms with Gasteiger partial charge in [-0.05, 0) is 42.6 Å². The first kappa shape index (κ1) is 8.57. The molecule has 2 heteroatoms. The average Bonchev–Trinajstić information content (AvgIpc) is 2.46. The van der Waals surface area contributed by atoms with Crippen LogP contribution < -0.4 is 5.32 Å². The van der Waals surface area contributed by atoms with E-state index < -0.39 is 0 Å². The molecule has 0 saturated heterocycles. The van der Waals surface area contributed by atoms with Gasteiger partial charge in [-0.15, -0.1) is 0 Å². The molecule has 70 valence electrons. The van der Waals surface area contributed by atoms with Crippen molar-refractivity contribution in [2.75, 3.05) is 6.54 Å². The molecule has 2 nitrogen and oxygen atoms in total. The van der Waals surface area contributed by atoms with E-state index in [0.717, 1.165) is 19.4 Å². The van der Waals surface area contributed by atoms with E-state index >= 15 is 0 Å². The lowest BCUT2D eigenvalue weighted by Gasteiger charge is -2.08. The molecule has 1 unspecified atom stereocenters. The summed E-state index contributed by atoms with van der Waals surface area (Å²) in [5, 5.41) is 12.7. The van der Waals surface area contributed by atoms with E-state index in [0.29, 0.717) is 11.8 Å². The summed E-state index contributed by atoms with van der Waals surface area (Å²) in [6.07, 6.45) is 2.15. The molecule has 1 atom stereocenters. The maximum absolute atomic E-state index is 9.29. The topological polar surface area (TPSA) is 32.3 Å². The van der Waals surface area contributed by atoms with Crippen molar-refractivity contribution in [3.63, 3.8) is 0 Å². The van der Waals surface area contributed by atoms with Crippen LogP contribution in [0.3, 0.4) is 0 Å². The molecular formula is C11H15NO. The van der Waals surface area contributed by atoms with Crippen LogP contribution in [0.1, 0.15) is 18.1 Å². The third-order valence-electron chi connectivity index (χ3n) is 2.62. The van der Waals surface area contributed by atoms with Crippen molar-refractivity contribution in [2.45, 2.75) is 25.8 Å². The lowest BCUT2D eigenvalue weighted by molar-refractivity contribution is 0.474. The molecule has 0 amide bonds. The minimum atomic E-state index is 0.385. The van der Waals surface area contributed by atoms with Gasteiger partial charge in [-0.25, -0.2) is 0 Å². The van der Waals surface area contributed by atoms with Crippen LogP contribution in [0.25, 0.3) is 0 Å². The quantitative estimate of drug-likeness (QED) is 0.717. The number of fused-ring (bicyclic) bond motifs is 1. The molecule has 1 aliphatic carbocycles. The first-order valence-electron chi connectivity index (χ1n) is 4.83. The Kier molecular flexibility index (Phi) is 2.23. The monoisotopic (exact) mass is 177 g/mol. The molecule has 2 N–H and O–H groups in total. The first-order valence-corrected chi connectivity index (χ1v) is 4.83. The van der Waals surface area contributed by atoms with Crippen LogP contribution in [0.4, 0.5) is 0 Å². The van der Waals surface area contributed by atoms with Crippen molar-refractivity contribution < 1.29 is 5.11 Å². The van der Waals surface area contributed by atoms with E-state index in [1.54, 1.807) is 6.07 Å². The van der Waals surface area contributed by atoms with Gasteiger partial charge in [0.05, 0.1) is 0 Å². The Balaban J connectivity index is 2.16. The summed E-state index contributed by atoms with van der Waals surface area (Å²) in [6.45, 7) is 3.14. The number of phenolic OH excluding ortho intramolecular Hbond substituents is 1. The highest BCUT2D eigenvalue weighted by Gasteiger charge is 2.20. The van der Waals surface area contributed by atoms with E-state index in [1.165, 1.54) is 11.1 Å². The molecule has 1 aromatic rings. The first-order chi connectivity index (χ1) is 6.29. The Morgan fingerprint density at radius 1 is 1.38 bits per heavy atom. The van der Waals surface area contributed by atoms with E-state index in [2.05, 4.69) is 12.2 Å². The summed E-state index contributed by atoms with van der Waals surface area (Å²) in [7, 11) is 0. The second-order valence-corrected chi connectivity index (χ2v) is 3.62. The van der Waals surface area contributed by atoms with E-state index in [9.17, 15) is 5.11 Å². The van der Waals surface area contributed by atoms with Gasteiger partial charge in [0, 0.05) is 6.04 Å². The molecule has 0 aliphatic heterocycles. The van der Waals surface area contributed by atoms with Gasteiger partial charge in [-0.2, -0.15) is 0 Å². The van der Waals surface area contributed by atoms with Crippen molar-refractivity contribution in [1.82, 2.24) is 5.32 Å². The number of benzene rings is 1. The molecule has 13 heavy (non-hydrogen) atoms. The Morgan fingerprint density at radius 3 is 2.92 bits per heavy atom. The van der Waals surface area contributed by atoms with E-state index in [-0.39, 0.29) is 0 Å². The van der Waals surface area contributed by atoms with Crippen molar-refractivity contribution in [3.8, 4) is 5.75 Å². The summed E-state index contributed by atoms with van der Waals surface area (Å²) in [6, 6.07) is 6.25. The number of hydrogen-bond acceptors (Lipinski definition) is 2. The minimum Gasteiger partial charge on any atom is -0.508 e. The zero-order valence-corrected chi connectivity index (χ0v) is 7.88. The fourth-order valence-electron chi connectivity index (χ4n) is 2.04. The van der Waals surface area contributed by atoms with Crippen LogP contribution in [0, 0.1) is 0 Å². The van der Waals surface area contributed by atoms with Gasteiger partial charge in [0.15, 0.2) is 0 Å². The zero-order valence-electron chi connectivity index (χ0n) is 7.88. The summed E-state index contributed by atoms with van der Waals surface area (Å²) < 4.78 is 0. The predicted octanol–water partition coefficient (Wildman–Crippen LogP) is 1.47. The SMILES string of the molecule is CCNC1Cc2ccc(O)cc2C1. The molecule has 1 aliphatic rings. The lowest BCUT2D eigenvalue weighted by Crippen LogP contribution is -2.28. The Bertz CT molecular complexity index is 309. The standard InChI is InChI=1S/C11H15NO/c1-2-12-10-5-8-3-4-11(13)7-9(8)6-10/h3-4,7,10,12-13H,2,5-6H2,1H3. The molecule has 0 spiro atoms. The molecule has 2 rings (SSSR count). The van der Waals surface area contributed by atoms with Crippen molar-refractivity contribution in [1.29, 1.82) is 0 Å². The number of rotatable bonds is 2. The van der Waals surface area contributed by atoms with Crippen LogP contribution in [0.5, 0.6) is 5.75 Å². The van der Waals surface area contributed by atoms with Crippen molar-refractivity contribution in [3.05, 3.63) is 29.3 Å². The number of phenols is 1. The van der Waals surface area contributed by atoms with Crippen LogP contribution in [-0.4, -0.2) is 17.7 Å². The normalized spacial score (nSPS) is 20.2. The second kappa shape index (κ2) is 3.38. The minimum absolute atomic E-state index is 0.385. The highest BCUT2D eigenvalue weighted by molar-refractivity contribution is 5.39. The summed E-state index contributed by atoms with van der Waals surface area (Å²) in [5.74, 6) is 0.385. The highest BCUT2D eigenvalue weighted by atomic mass is 16.3. The van der Waals surface area contributed by atoms with Crippen LogP contribution in [0.2, 0.25) is 0 Å². The van der Waals surface area contributed by atoms with Gasteiger partial charge in [0.25, 0.3) is 0 Å². The molecular weight excluding hydrogens is 162 g/mol. The van der Waals surface area contributed by atoms with Crippen LogP contribution >= 0.6 is 0 Å². The largest absolute Gasteiger partial charge is 0.508 e. The Morgan fingerprint density at radius 2 is 2.15 bits per heavy atom. The fourth-order valence-corrected chi connectivity index (χ4v) is 2.04. The summed E-state index contributed by atoms with van der Waals surface area (Å²) in [5.41, 5.74) is 2.68. The molecule has 0 heterocycles. The van der Waals surface area contributed by atoms with Gasteiger partial charge in [0.2, 0.25) is 0 Å². The number of aromatic hydroxyl groups is 1.